The lowest BCUT2D eigenvalue weighted by molar-refractivity contribution is -0.123. The number of primary amides is 1. The van der Waals surface area contributed by atoms with Gasteiger partial charge in [-0.1, -0.05) is 17.9 Å². The summed E-state index contributed by atoms with van der Waals surface area (Å²) in [6, 6.07) is 7.13. The van der Waals surface area contributed by atoms with Gasteiger partial charge in [0.15, 0.2) is 0 Å². The maximum Gasteiger partial charge on any atom is 0.253 e. The molecule has 1 unspecified atom stereocenters. The first-order valence-corrected chi connectivity index (χ1v) is 6.99. The van der Waals surface area contributed by atoms with E-state index in [1.807, 2.05) is 6.07 Å². The van der Waals surface area contributed by atoms with Gasteiger partial charge >= 0.3 is 0 Å². The topological polar surface area (TPSA) is 89.4 Å². The summed E-state index contributed by atoms with van der Waals surface area (Å²) < 4.78 is 0. The summed E-state index contributed by atoms with van der Waals surface area (Å²) >= 11 is 0. The fourth-order valence-electron chi connectivity index (χ4n) is 2.46. The van der Waals surface area contributed by atoms with Crippen LogP contribution in [0.2, 0.25) is 0 Å². The van der Waals surface area contributed by atoms with Crippen molar-refractivity contribution in [3.05, 3.63) is 35.4 Å². The first-order valence-electron chi connectivity index (χ1n) is 6.99. The van der Waals surface area contributed by atoms with Crippen molar-refractivity contribution in [1.29, 1.82) is 0 Å². The minimum absolute atomic E-state index is 0.0858. The van der Waals surface area contributed by atoms with E-state index < -0.39 is 0 Å². The van der Waals surface area contributed by atoms with Crippen molar-refractivity contribution in [2.45, 2.75) is 12.8 Å². The van der Waals surface area contributed by atoms with E-state index in [-0.39, 0.29) is 24.3 Å². The maximum absolute atomic E-state index is 12.5. The van der Waals surface area contributed by atoms with Crippen LogP contribution in [0.5, 0.6) is 0 Å². The number of piperidine rings is 1. The van der Waals surface area contributed by atoms with E-state index in [1.54, 1.807) is 23.1 Å². The van der Waals surface area contributed by atoms with Gasteiger partial charge in [0.1, 0.15) is 0 Å². The zero-order valence-electron chi connectivity index (χ0n) is 11.8. The molecule has 1 aliphatic heterocycles. The molecule has 1 aromatic rings. The Morgan fingerprint density at radius 3 is 2.90 bits per heavy atom. The highest BCUT2D eigenvalue weighted by atomic mass is 16.2. The van der Waals surface area contributed by atoms with Crippen molar-refractivity contribution in [3.63, 3.8) is 0 Å². The summed E-state index contributed by atoms with van der Waals surface area (Å²) in [5.74, 6) is 5.00. The Hall–Kier alpha value is -2.32. The number of benzene rings is 1. The molecule has 5 nitrogen and oxygen atoms in total. The first kappa shape index (κ1) is 15.1. The van der Waals surface area contributed by atoms with Crippen LogP contribution in [0, 0.1) is 17.8 Å². The molecule has 1 fully saturated rings. The summed E-state index contributed by atoms with van der Waals surface area (Å²) in [6.45, 7) is 1.33. The second-order valence-electron chi connectivity index (χ2n) is 5.08. The number of likely N-dealkylation sites (tertiary alicyclic amines) is 1. The van der Waals surface area contributed by atoms with Gasteiger partial charge in [-0.3, -0.25) is 9.59 Å². The van der Waals surface area contributed by atoms with E-state index in [0.717, 1.165) is 18.4 Å². The quantitative estimate of drug-likeness (QED) is 0.768. The van der Waals surface area contributed by atoms with E-state index in [0.29, 0.717) is 18.7 Å². The Morgan fingerprint density at radius 1 is 1.38 bits per heavy atom. The third kappa shape index (κ3) is 3.83. The molecule has 1 aromatic carbocycles. The minimum atomic E-state index is -0.338. The molecule has 0 bridgehead atoms. The molecule has 2 amide bonds. The van der Waals surface area contributed by atoms with Crippen LogP contribution in [0.15, 0.2) is 24.3 Å². The van der Waals surface area contributed by atoms with Gasteiger partial charge in [-0.15, -0.1) is 0 Å². The van der Waals surface area contributed by atoms with E-state index in [4.69, 9.17) is 11.5 Å². The van der Waals surface area contributed by atoms with Crippen LogP contribution in [-0.2, 0) is 4.79 Å². The second kappa shape index (κ2) is 6.91. The summed E-state index contributed by atoms with van der Waals surface area (Å²) in [4.78, 5) is 25.5. The summed E-state index contributed by atoms with van der Waals surface area (Å²) in [6.07, 6.45) is 1.55. The van der Waals surface area contributed by atoms with Crippen LogP contribution in [-0.4, -0.2) is 36.3 Å². The van der Waals surface area contributed by atoms with Crippen molar-refractivity contribution in [2.75, 3.05) is 19.6 Å². The van der Waals surface area contributed by atoms with Crippen LogP contribution in [0.4, 0.5) is 0 Å². The molecule has 0 aliphatic carbocycles. The molecular weight excluding hydrogens is 266 g/mol. The predicted octanol–water partition coefficient (Wildman–Crippen LogP) is 0.334. The monoisotopic (exact) mass is 285 g/mol. The highest BCUT2D eigenvalue weighted by molar-refractivity contribution is 5.95. The van der Waals surface area contributed by atoms with E-state index in [1.165, 1.54) is 0 Å². The van der Waals surface area contributed by atoms with Crippen LogP contribution in [0.1, 0.15) is 28.8 Å². The molecule has 0 spiro atoms. The fraction of sp³-hybridized carbons (Fsp3) is 0.375. The largest absolute Gasteiger partial charge is 0.369 e. The van der Waals surface area contributed by atoms with Gasteiger partial charge in [-0.25, -0.2) is 0 Å². The average Bonchev–Trinajstić information content (AvgIpc) is 2.52. The molecule has 0 saturated carbocycles. The fourth-order valence-corrected chi connectivity index (χ4v) is 2.46. The highest BCUT2D eigenvalue weighted by Gasteiger charge is 2.27. The standard InChI is InChI=1S/C16H19N3O2/c17-8-2-5-12-4-1-6-13(10-12)16(21)19-9-3-7-14(11-19)15(18)20/h1,4,6,10,14H,3,7-9,11,17H2,(H2,18,20). The maximum atomic E-state index is 12.5. The minimum Gasteiger partial charge on any atom is -0.369 e. The van der Waals surface area contributed by atoms with Crippen LogP contribution in [0.3, 0.4) is 0 Å². The number of nitrogens with zero attached hydrogens (tertiary/aromatic N) is 1. The summed E-state index contributed by atoms with van der Waals surface area (Å²) in [7, 11) is 0. The molecule has 1 heterocycles. The van der Waals surface area contributed by atoms with Gasteiger partial charge in [-0.2, -0.15) is 0 Å². The normalized spacial score (nSPS) is 17.8. The predicted molar refractivity (Wildman–Crippen MR) is 80.2 cm³/mol. The second-order valence-corrected chi connectivity index (χ2v) is 5.08. The number of nitrogens with two attached hydrogens (primary N) is 2. The summed E-state index contributed by atoms with van der Waals surface area (Å²) in [5.41, 5.74) is 12.0. The smallest absolute Gasteiger partial charge is 0.253 e. The molecule has 4 N–H and O–H groups in total. The lowest BCUT2D eigenvalue weighted by atomic mass is 9.96. The van der Waals surface area contributed by atoms with Crippen LogP contribution in [0.25, 0.3) is 0 Å². The molecule has 0 aromatic heterocycles. The van der Waals surface area contributed by atoms with Crippen molar-refractivity contribution in [3.8, 4) is 11.8 Å². The molecule has 2 rings (SSSR count). The lowest BCUT2D eigenvalue weighted by Crippen LogP contribution is -2.44. The van der Waals surface area contributed by atoms with Gasteiger partial charge in [0, 0.05) is 24.2 Å². The number of hydrogen-bond donors (Lipinski definition) is 2. The van der Waals surface area contributed by atoms with Gasteiger partial charge in [0.2, 0.25) is 5.91 Å². The molecule has 21 heavy (non-hydrogen) atoms. The average molecular weight is 285 g/mol. The third-order valence-corrected chi connectivity index (χ3v) is 3.56. The van der Waals surface area contributed by atoms with Crippen molar-refractivity contribution >= 4 is 11.8 Å². The van der Waals surface area contributed by atoms with Crippen molar-refractivity contribution < 1.29 is 9.59 Å². The number of hydrogen-bond acceptors (Lipinski definition) is 3. The Labute approximate surface area is 124 Å². The number of carbonyl (C=O) groups is 2. The van der Waals surface area contributed by atoms with Crippen molar-refractivity contribution in [2.24, 2.45) is 17.4 Å². The Balaban J connectivity index is 2.14. The molecular formula is C16H19N3O2. The number of rotatable bonds is 2. The molecule has 1 saturated heterocycles. The van der Waals surface area contributed by atoms with Gasteiger partial charge < -0.3 is 16.4 Å². The number of amides is 2. The SMILES string of the molecule is NCC#Cc1cccc(C(=O)N2CCCC(C(N)=O)C2)c1. The Kier molecular flexibility index (Phi) is 4.96. The number of carbonyl (C=O) groups excluding carboxylic acids is 2. The van der Waals surface area contributed by atoms with Crippen LogP contribution < -0.4 is 11.5 Å². The highest BCUT2D eigenvalue weighted by Crippen LogP contribution is 2.18. The third-order valence-electron chi connectivity index (χ3n) is 3.56. The zero-order chi connectivity index (χ0) is 15.2. The van der Waals surface area contributed by atoms with Crippen LogP contribution >= 0.6 is 0 Å². The van der Waals surface area contributed by atoms with E-state index in [9.17, 15) is 9.59 Å². The van der Waals surface area contributed by atoms with E-state index in [2.05, 4.69) is 11.8 Å². The molecule has 0 radical (unpaired) electrons. The Bertz CT molecular complexity index is 601. The molecule has 1 atom stereocenters. The lowest BCUT2D eigenvalue weighted by Gasteiger charge is -2.31. The summed E-state index contributed by atoms with van der Waals surface area (Å²) in [5, 5.41) is 0. The van der Waals surface area contributed by atoms with Gasteiger partial charge in [-0.05, 0) is 31.0 Å². The van der Waals surface area contributed by atoms with E-state index >= 15 is 0 Å². The molecule has 1 aliphatic rings. The Morgan fingerprint density at radius 2 is 2.19 bits per heavy atom. The molecule has 110 valence electrons. The van der Waals surface area contributed by atoms with Gasteiger partial charge in [0.25, 0.3) is 5.91 Å². The van der Waals surface area contributed by atoms with Crippen molar-refractivity contribution in [1.82, 2.24) is 4.90 Å². The first-order chi connectivity index (χ1) is 10.1. The zero-order valence-corrected chi connectivity index (χ0v) is 11.8. The molecule has 5 heteroatoms. The van der Waals surface area contributed by atoms with Gasteiger partial charge in [0.05, 0.1) is 12.5 Å².